The van der Waals surface area contributed by atoms with Gasteiger partial charge in [0.05, 0.1) is 10.7 Å². The minimum atomic E-state index is -0.612. The lowest BCUT2D eigenvalue weighted by Crippen LogP contribution is -2.01. The van der Waals surface area contributed by atoms with Crippen molar-refractivity contribution in [3.8, 4) is 11.5 Å². The molecule has 104 valence electrons. The van der Waals surface area contributed by atoms with Crippen LogP contribution in [0.25, 0.3) is 0 Å². The maximum absolute atomic E-state index is 13.1. The summed E-state index contributed by atoms with van der Waals surface area (Å²) in [7, 11) is 0. The van der Waals surface area contributed by atoms with Crippen molar-refractivity contribution in [2.75, 3.05) is 12.1 Å². The summed E-state index contributed by atoms with van der Waals surface area (Å²) in [4.78, 5) is 0. The molecule has 1 N–H and O–H groups in total. The summed E-state index contributed by atoms with van der Waals surface area (Å²) in [5.41, 5.74) is 1.09. The van der Waals surface area contributed by atoms with Crippen LogP contribution in [0.5, 0.6) is 11.5 Å². The van der Waals surface area contributed by atoms with Gasteiger partial charge in [-0.2, -0.15) is 0 Å². The van der Waals surface area contributed by atoms with E-state index in [1.54, 1.807) is 12.1 Å². The molecule has 0 aromatic heterocycles. The highest BCUT2D eigenvalue weighted by Gasteiger charge is 2.16. The van der Waals surface area contributed by atoms with E-state index >= 15 is 0 Å². The summed E-state index contributed by atoms with van der Waals surface area (Å²) in [6.07, 6.45) is 0. The molecule has 0 saturated carbocycles. The number of halogens is 3. The Kier molecular flexibility index (Phi) is 3.36. The van der Waals surface area contributed by atoms with Gasteiger partial charge in [0.1, 0.15) is 11.6 Å². The molecule has 0 saturated heterocycles. The first-order chi connectivity index (χ1) is 9.61. The molecule has 1 aliphatic heterocycles. The summed E-state index contributed by atoms with van der Waals surface area (Å²) >= 11 is 6.09. The van der Waals surface area contributed by atoms with E-state index in [1.165, 1.54) is 12.1 Å². The highest BCUT2D eigenvalue weighted by atomic mass is 35.5. The zero-order valence-corrected chi connectivity index (χ0v) is 11.0. The number of rotatable bonds is 3. The molecule has 2 aromatic carbocycles. The van der Waals surface area contributed by atoms with E-state index in [4.69, 9.17) is 21.1 Å². The topological polar surface area (TPSA) is 30.5 Å². The Bertz CT molecular complexity index is 644. The van der Waals surface area contributed by atoms with E-state index < -0.39 is 11.6 Å². The Labute approximate surface area is 119 Å². The van der Waals surface area contributed by atoms with Crippen LogP contribution in [0.1, 0.15) is 5.56 Å². The second kappa shape index (κ2) is 5.17. The van der Waals surface area contributed by atoms with E-state index in [0.717, 1.165) is 6.07 Å². The number of hydrogen-bond acceptors (Lipinski definition) is 3. The van der Waals surface area contributed by atoms with Gasteiger partial charge in [0.15, 0.2) is 11.5 Å². The van der Waals surface area contributed by atoms with E-state index in [2.05, 4.69) is 5.32 Å². The smallest absolute Gasteiger partial charge is 0.231 e. The molecule has 6 heteroatoms. The van der Waals surface area contributed by atoms with Crippen molar-refractivity contribution in [3.05, 3.63) is 52.6 Å². The van der Waals surface area contributed by atoms with Crippen molar-refractivity contribution in [3.63, 3.8) is 0 Å². The van der Waals surface area contributed by atoms with Gasteiger partial charge in [0, 0.05) is 24.7 Å². The van der Waals surface area contributed by atoms with Gasteiger partial charge >= 0.3 is 0 Å². The molecule has 0 atom stereocenters. The van der Waals surface area contributed by atoms with Gasteiger partial charge < -0.3 is 14.8 Å². The number of nitrogens with one attached hydrogen (secondary N) is 1. The van der Waals surface area contributed by atoms with Gasteiger partial charge in [-0.25, -0.2) is 8.78 Å². The van der Waals surface area contributed by atoms with E-state index in [1.807, 2.05) is 0 Å². The Morgan fingerprint density at radius 3 is 2.35 bits per heavy atom. The van der Waals surface area contributed by atoms with Crippen LogP contribution in [0.2, 0.25) is 5.02 Å². The average Bonchev–Trinajstić information content (AvgIpc) is 2.81. The molecule has 0 bridgehead atoms. The molecule has 1 heterocycles. The first-order valence-electron chi connectivity index (χ1n) is 5.90. The zero-order valence-electron chi connectivity index (χ0n) is 10.3. The Balaban J connectivity index is 1.78. The highest BCUT2D eigenvalue weighted by Crippen LogP contribution is 2.39. The van der Waals surface area contributed by atoms with Crippen molar-refractivity contribution in [2.45, 2.75) is 6.54 Å². The largest absolute Gasteiger partial charge is 0.454 e. The van der Waals surface area contributed by atoms with Gasteiger partial charge in [0.2, 0.25) is 6.79 Å². The molecule has 0 spiro atoms. The molecule has 3 nitrogen and oxygen atoms in total. The van der Waals surface area contributed by atoms with Gasteiger partial charge in [-0.1, -0.05) is 11.6 Å². The normalized spacial score (nSPS) is 12.6. The standard InChI is InChI=1S/C14H10ClF2NO2/c15-11-4-13-14(20-7-19-13)5-12(11)18-6-8-1-9(16)3-10(17)2-8/h1-5,18H,6-7H2. The Hall–Kier alpha value is -2.01. The number of anilines is 1. The lowest BCUT2D eigenvalue weighted by Gasteiger charge is -2.10. The Morgan fingerprint density at radius 1 is 1.00 bits per heavy atom. The van der Waals surface area contributed by atoms with Crippen molar-refractivity contribution >= 4 is 17.3 Å². The molecule has 0 unspecified atom stereocenters. The van der Waals surface area contributed by atoms with Gasteiger partial charge in [-0.15, -0.1) is 0 Å². The molecule has 20 heavy (non-hydrogen) atoms. The monoisotopic (exact) mass is 297 g/mol. The molecular formula is C14H10ClF2NO2. The minimum absolute atomic E-state index is 0.157. The maximum Gasteiger partial charge on any atom is 0.231 e. The fraction of sp³-hybridized carbons (Fsp3) is 0.143. The summed E-state index contributed by atoms with van der Waals surface area (Å²) in [6, 6.07) is 6.68. The maximum atomic E-state index is 13.1. The van der Waals surface area contributed by atoms with Crippen LogP contribution in [0.4, 0.5) is 14.5 Å². The lowest BCUT2D eigenvalue weighted by molar-refractivity contribution is 0.174. The second-order valence-electron chi connectivity index (χ2n) is 4.32. The summed E-state index contributed by atoms with van der Waals surface area (Å²) in [6.45, 7) is 0.401. The van der Waals surface area contributed by atoms with Crippen molar-refractivity contribution in [2.24, 2.45) is 0 Å². The van der Waals surface area contributed by atoms with Crippen LogP contribution in [-0.2, 0) is 6.54 Å². The Morgan fingerprint density at radius 2 is 1.65 bits per heavy atom. The van der Waals surface area contributed by atoms with Gasteiger partial charge in [-0.05, 0) is 17.7 Å². The SMILES string of the molecule is Fc1cc(F)cc(CNc2cc3c(cc2Cl)OCO3)c1. The predicted octanol–water partition coefficient (Wildman–Crippen LogP) is 3.96. The number of fused-ring (bicyclic) bond motifs is 1. The quantitative estimate of drug-likeness (QED) is 0.930. The van der Waals surface area contributed by atoms with Crippen LogP contribution in [-0.4, -0.2) is 6.79 Å². The molecule has 1 aliphatic rings. The van der Waals surface area contributed by atoms with Crippen LogP contribution in [0.3, 0.4) is 0 Å². The first-order valence-corrected chi connectivity index (χ1v) is 6.27. The zero-order chi connectivity index (χ0) is 14.1. The second-order valence-corrected chi connectivity index (χ2v) is 4.72. The summed E-state index contributed by atoms with van der Waals surface area (Å²) < 4.78 is 36.6. The van der Waals surface area contributed by atoms with Crippen LogP contribution < -0.4 is 14.8 Å². The molecule has 3 rings (SSSR count). The van der Waals surface area contributed by atoms with Crippen LogP contribution in [0.15, 0.2) is 30.3 Å². The summed E-state index contributed by atoms with van der Waals surface area (Å²) in [5.74, 6) is -0.0585. The molecular weight excluding hydrogens is 288 g/mol. The van der Waals surface area contributed by atoms with E-state index in [9.17, 15) is 8.78 Å². The fourth-order valence-corrected chi connectivity index (χ4v) is 2.18. The third-order valence-corrected chi connectivity index (χ3v) is 3.18. The molecule has 0 fully saturated rings. The van der Waals surface area contributed by atoms with E-state index in [-0.39, 0.29) is 13.3 Å². The van der Waals surface area contributed by atoms with Gasteiger partial charge in [0.25, 0.3) is 0 Å². The lowest BCUT2D eigenvalue weighted by atomic mass is 10.2. The minimum Gasteiger partial charge on any atom is -0.454 e. The average molecular weight is 298 g/mol. The summed E-state index contributed by atoms with van der Waals surface area (Å²) in [5, 5.41) is 3.46. The van der Waals surface area contributed by atoms with Gasteiger partial charge in [-0.3, -0.25) is 0 Å². The van der Waals surface area contributed by atoms with E-state index in [0.29, 0.717) is 27.8 Å². The number of ether oxygens (including phenoxy) is 2. The molecule has 2 aromatic rings. The molecule has 0 aliphatic carbocycles. The molecule has 0 radical (unpaired) electrons. The molecule has 0 amide bonds. The third-order valence-electron chi connectivity index (χ3n) is 2.87. The van der Waals surface area contributed by atoms with Crippen molar-refractivity contribution in [1.29, 1.82) is 0 Å². The third kappa shape index (κ3) is 2.63. The van der Waals surface area contributed by atoms with Crippen molar-refractivity contribution in [1.82, 2.24) is 0 Å². The first kappa shape index (κ1) is 13.0. The van der Waals surface area contributed by atoms with Crippen LogP contribution >= 0.6 is 11.6 Å². The highest BCUT2D eigenvalue weighted by molar-refractivity contribution is 6.33. The predicted molar refractivity (Wildman–Crippen MR) is 71.3 cm³/mol. The number of benzene rings is 2. The fourth-order valence-electron chi connectivity index (χ4n) is 1.96. The van der Waals surface area contributed by atoms with Crippen molar-refractivity contribution < 1.29 is 18.3 Å². The van der Waals surface area contributed by atoms with Crippen LogP contribution in [0, 0.1) is 11.6 Å². The number of hydrogen-bond donors (Lipinski definition) is 1.